The molecule has 13 rings (SSSR count). The molecule has 0 saturated heterocycles. The molecule has 0 saturated carbocycles. The number of nitrogens with zero attached hydrogens (tertiary/aromatic N) is 3. The summed E-state index contributed by atoms with van der Waals surface area (Å²) in [6, 6.07) is -50.4. The molecule has 0 bridgehead atoms. The molecule has 0 atom stereocenters. The van der Waals surface area contributed by atoms with Gasteiger partial charge in [0, 0.05) is 49.4 Å². The summed E-state index contributed by atoms with van der Waals surface area (Å²) in [6.45, 7) is 0. The van der Waals surface area contributed by atoms with Crippen LogP contribution in [0.15, 0.2) is 248 Å². The summed E-state index contributed by atoms with van der Waals surface area (Å²) in [4.78, 5) is 0. The monoisotopic (exact) mass is 873 g/mol. The maximum Gasteiger partial charge on any atom is 0.181 e. The lowest BCUT2D eigenvalue weighted by molar-refractivity contribution is 1.13. The number of hydrogen-bond donors (Lipinski definition) is 0. The SMILES string of the molecule is [2H]c1c([2H])c([2H])c([Si](c2c([2H])c([2H])c([2H])c([2H])c2[2H])(c2c([2H])c([2H])c([2H])c([2H])c2[2H])c2c([2H])c([2H])c([2H])c3c4c([2H])c([2H])c([2H])c([2H])c4n(-c4c([2H])c([2H])c([2H])c(-n5c6c([2H])c([2H])c([2H])c([2H])c6c6c([2H])c(-n7c8c([2H])c([2H])c([2H])c([2H])c8c8c([2H])c([2H])c([2H])c([2H])c87)c([2H])c([2H])c65)c4[2H])c23)c([2H])c1[2H]. The predicted molar refractivity (Wildman–Crippen MR) is 273 cm³/mol. The molecule has 0 fully saturated rings. The molecule has 3 heterocycles. The van der Waals surface area contributed by atoms with Gasteiger partial charge < -0.3 is 13.7 Å². The molecule has 3 aromatic heterocycles. The van der Waals surface area contributed by atoms with Gasteiger partial charge in [-0.05, 0) is 81.2 Å². The van der Waals surface area contributed by atoms with Gasteiger partial charge in [0.15, 0.2) is 8.07 Å². The van der Waals surface area contributed by atoms with Crippen LogP contribution >= 0.6 is 0 Å². The molecule has 4 heteroatoms. The van der Waals surface area contributed by atoms with Crippen molar-refractivity contribution in [3.05, 3.63) is 248 Å². The lowest BCUT2D eigenvalue weighted by Crippen LogP contribution is -2.75. The Hall–Kier alpha value is -8.18. The Morgan fingerprint density at radius 2 is 0.625 bits per heavy atom. The Morgan fingerprint density at radius 3 is 1.14 bits per heavy atom. The maximum atomic E-state index is 10.6. The van der Waals surface area contributed by atoms with Crippen LogP contribution in [0, 0.1) is 0 Å². The maximum absolute atomic E-state index is 10.6. The topological polar surface area (TPSA) is 14.8 Å². The highest BCUT2D eigenvalue weighted by Crippen LogP contribution is 2.38. The number of para-hydroxylation sites is 5. The minimum atomic E-state index is -6.88. The number of rotatable bonds is 7. The zero-order chi connectivity index (χ0) is 77.9. The molecule has 64 heavy (non-hydrogen) atoms. The second kappa shape index (κ2) is 14.5. The molecule has 0 spiro atoms. The van der Waals surface area contributed by atoms with Gasteiger partial charge in [0.25, 0.3) is 0 Å². The Balaban J connectivity index is 1.35. The number of fused-ring (bicyclic) bond motifs is 9. The summed E-state index contributed by atoms with van der Waals surface area (Å²) in [5.41, 5.74) is -9.12. The third-order valence-corrected chi connectivity index (χ3v) is 14.8. The third-order valence-electron chi connectivity index (χ3n) is 10.7. The van der Waals surface area contributed by atoms with Gasteiger partial charge >= 0.3 is 0 Å². The summed E-state index contributed by atoms with van der Waals surface area (Å²) < 4.78 is 388. The van der Waals surface area contributed by atoms with E-state index >= 15 is 0 Å². The second-order valence-electron chi connectivity index (χ2n) is 13.8. The van der Waals surface area contributed by atoms with E-state index in [0.717, 1.165) is 0 Å². The quantitative estimate of drug-likeness (QED) is 0.112. The lowest BCUT2D eigenvalue weighted by atomic mass is 10.1. The summed E-state index contributed by atoms with van der Waals surface area (Å²) in [7, 11) is -6.88. The standard InChI is InChI=1S/C60H41N3Si/c1-4-22-45(23-5-1)64(46-24-6-2-7-25-46,47-26-8-3-9-27-47)59-37-19-32-52-50-30-12-17-36-57(50)63(60(52)59)43-21-18-20-42(40-43)61-56-35-16-13-31-51(56)53-41-44(38-39-58(53)61)62-54-33-14-10-28-48(54)49-29-11-15-34-55(49)62/h1-41H/i1D,2D,3D,4D,5D,6D,7D,8D,9D,10D,11D,12D,13D,14D,15D,16D,17D,18D,19D,20D,21D,22D,23D,24D,25D,26D,27D,28D,29D,30D,31D,32D,33D,34D,35D,36D,37D,38D,39D,40D,41D. The van der Waals surface area contributed by atoms with Crippen LogP contribution in [0.25, 0.3) is 82.5 Å². The predicted octanol–water partition coefficient (Wildman–Crippen LogP) is 12.4. The van der Waals surface area contributed by atoms with Crippen LogP contribution in [0.1, 0.15) is 56.2 Å². The van der Waals surface area contributed by atoms with Crippen LogP contribution in [0.5, 0.6) is 0 Å². The molecule has 0 amide bonds. The van der Waals surface area contributed by atoms with E-state index in [-0.39, 0.29) is 0 Å². The van der Waals surface area contributed by atoms with Gasteiger partial charge in [-0.15, -0.1) is 0 Å². The highest BCUT2D eigenvalue weighted by Gasteiger charge is 2.43. The van der Waals surface area contributed by atoms with Crippen LogP contribution in [0.3, 0.4) is 0 Å². The fraction of sp³-hybridized carbons (Fsp3) is 0. The molecule has 0 aliphatic rings. The summed E-state index contributed by atoms with van der Waals surface area (Å²) in [5, 5.41) is -10.2. The highest BCUT2D eigenvalue weighted by molar-refractivity contribution is 7.20. The number of aromatic nitrogens is 3. The Bertz CT molecular complexity index is 6030. The van der Waals surface area contributed by atoms with Crippen molar-refractivity contribution >= 4 is 94.2 Å². The van der Waals surface area contributed by atoms with Gasteiger partial charge in [-0.25, -0.2) is 0 Å². The molecule has 300 valence electrons. The molecule has 13 aromatic rings. The van der Waals surface area contributed by atoms with Gasteiger partial charge in [0.05, 0.1) is 89.3 Å². The fourth-order valence-electron chi connectivity index (χ4n) is 8.16. The normalized spacial score (nSPS) is 21.0. The van der Waals surface area contributed by atoms with Crippen molar-refractivity contribution in [2.75, 3.05) is 0 Å². The Labute approximate surface area is 429 Å². The molecular weight excluding hydrogens is 791 g/mol. The fourth-order valence-corrected chi connectivity index (χ4v) is 12.0. The molecule has 0 aliphatic carbocycles. The van der Waals surface area contributed by atoms with Crippen LogP contribution in [-0.2, 0) is 0 Å². The van der Waals surface area contributed by atoms with Crippen molar-refractivity contribution in [2.24, 2.45) is 0 Å². The number of benzene rings is 10. The van der Waals surface area contributed by atoms with Crippen molar-refractivity contribution in [3.8, 4) is 17.1 Å². The first kappa shape index (κ1) is 14.2. The Kier molecular flexibility index (Phi) is 3.20. The average molecular weight is 873 g/mol. The van der Waals surface area contributed by atoms with Crippen molar-refractivity contribution in [1.82, 2.24) is 13.7 Å². The van der Waals surface area contributed by atoms with E-state index < -0.39 is 359 Å². The first-order valence-corrected chi connectivity index (χ1v) is 20.8. The van der Waals surface area contributed by atoms with E-state index in [1.54, 1.807) is 0 Å². The summed E-state index contributed by atoms with van der Waals surface area (Å²) in [5.74, 6) is 0. The largest absolute Gasteiger partial charge is 0.309 e. The van der Waals surface area contributed by atoms with Crippen molar-refractivity contribution in [2.45, 2.75) is 0 Å². The van der Waals surface area contributed by atoms with Crippen LogP contribution in [0.4, 0.5) is 0 Å². The van der Waals surface area contributed by atoms with Crippen molar-refractivity contribution in [1.29, 1.82) is 0 Å². The van der Waals surface area contributed by atoms with Crippen LogP contribution < -0.4 is 20.7 Å². The molecular formula is C60H41N3Si. The van der Waals surface area contributed by atoms with Gasteiger partial charge in [-0.2, -0.15) is 0 Å². The van der Waals surface area contributed by atoms with E-state index in [1.807, 2.05) is 0 Å². The number of hydrogen-bond acceptors (Lipinski definition) is 0. The third kappa shape index (κ3) is 5.27. The molecule has 0 radical (unpaired) electrons. The van der Waals surface area contributed by atoms with Crippen LogP contribution in [-0.4, -0.2) is 21.8 Å². The second-order valence-corrected chi connectivity index (χ2v) is 17.3. The van der Waals surface area contributed by atoms with Gasteiger partial charge in [-0.1, -0.05) is 187 Å². The molecule has 0 aliphatic heterocycles. The van der Waals surface area contributed by atoms with Gasteiger partial charge in [0.1, 0.15) is 0 Å². The van der Waals surface area contributed by atoms with Crippen molar-refractivity contribution in [3.63, 3.8) is 0 Å². The van der Waals surface area contributed by atoms with Gasteiger partial charge in [-0.3, -0.25) is 0 Å². The Morgan fingerprint density at radius 1 is 0.266 bits per heavy atom. The van der Waals surface area contributed by atoms with Crippen LogP contribution in [0.2, 0.25) is 0 Å². The molecule has 10 aromatic carbocycles. The summed E-state index contributed by atoms with van der Waals surface area (Å²) >= 11 is 0. The van der Waals surface area contributed by atoms with Crippen molar-refractivity contribution < 1.29 is 56.2 Å². The van der Waals surface area contributed by atoms with E-state index in [1.165, 1.54) is 0 Å². The average Bonchev–Trinajstić information content (AvgIpc) is 1.66. The van der Waals surface area contributed by atoms with E-state index in [2.05, 4.69) is 0 Å². The first-order valence-electron chi connectivity index (χ1n) is 39.3. The zero-order valence-electron chi connectivity index (χ0n) is 72.8. The summed E-state index contributed by atoms with van der Waals surface area (Å²) in [6.07, 6.45) is 0. The lowest BCUT2D eigenvalue weighted by Gasteiger charge is -2.35. The molecule has 0 unspecified atom stereocenters. The first-order chi connectivity index (χ1) is 48.8. The zero-order valence-corrected chi connectivity index (χ0v) is 32.8. The highest BCUT2D eigenvalue weighted by atomic mass is 28.3. The van der Waals surface area contributed by atoms with Gasteiger partial charge in [0.2, 0.25) is 0 Å². The van der Waals surface area contributed by atoms with E-state index in [9.17, 15) is 39.8 Å². The minimum absolute atomic E-state index is 0.404. The molecule has 0 N–H and O–H groups in total. The van der Waals surface area contributed by atoms with E-state index in [4.69, 9.17) is 16.4 Å². The smallest absolute Gasteiger partial charge is 0.181 e. The molecule has 3 nitrogen and oxygen atoms in total. The minimum Gasteiger partial charge on any atom is -0.309 e. The van der Waals surface area contributed by atoms with E-state index in [0.29, 0.717) is 13.7 Å².